The minimum absolute atomic E-state index is 0.0276. The maximum Gasteiger partial charge on any atom is 0.415 e. The molecule has 0 fully saturated rings. The SMILES string of the molecule is O=C(O)C1C=C2C=CN(C(=O)O)C=C2N1C(=O)O. The van der Waals surface area contributed by atoms with E-state index in [0.29, 0.717) is 10.5 Å². The van der Waals surface area contributed by atoms with Gasteiger partial charge >= 0.3 is 18.2 Å². The van der Waals surface area contributed by atoms with Crippen molar-refractivity contribution in [3.63, 3.8) is 0 Å². The molecule has 0 saturated carbocycles. The second kappa shape index (κ2) is 3.91. The number of amides is 2. The quantitative estimate of drug-likeness (QED) is 0.632. The van der Waals surface area contributed by atoms with Gasteiger partial charge in [-0.15, -0.1) is 0 Å². The summed E-state index contributed by atoms with van der Waals surface area (Å²) in [6.07, 6.45) is 2.12. The number of rotatable bonds is 1. The third-order valence-electron chi connectivity index (χ3n) is 2.53. The lowest BCUT2D eigenvalue weighted by molar-refractivity contribution is -0.139. The Labute approximate surface area is 100 Å². The molecule has 0 aromatic heterocycles. The van der Waals surface area contributed by atoms with E-state index in [1.54, 1.807) is 0 Å². The molecular formula is C10H8N2O6. The van der Waals surface area contributed by atoms with Gasteiger partial charge in [-0.2, -0.15) is 0 Å². The van der Waals surface area contributed by atoms with Crippen LogP contribution in [0.4, 0.5) is 9.59 Å². The fourth-order valence-electron chi connectivity index (χ4n) is 1.75. The first-order valence-electron chi connectivity index (χ1n) is 4.80. The van der Waals surface area contributed by atoms with Gasteiger partial charge in [0.05, 0.1) is 5.70 Å². The minimum atomic E-state index is -1.46. The van der Waals surface area contributed by atoms with E-state index in [1.807, 2.05) is 0 Å². The van der Waals surface area contributed by atoms with Crippen molar-refractivity contribution in [1.82, 2.24) is 9.80 Å². The second-order valence-electron chi connectivity index (χ2n) is 3.58. The summed E-state index contributed by atoms with van der Waals surface area (Å²) in [5, 5.41) is 26.7. The standard InChI is InChI=1S/C10H8N2O6/c13-8(14)6-3-5-1-2-11(9(15)16)4-7(5)12(6)10(17)18/h1-4,6H,(H,13,14)(H,15,16)(H,17,18). The molecule has 0 spiro atoms. The fourth-order valence-corrected chi connectivity index (χ4v) is 1.75. The first kappa shape index (κ1) is 11.7. The van der Waals surface area contributed by atoms with Gasteiger partial charge in [0.25, 0.3) is 0 Å². The first-order chi connectivity index (χ1) is 8.41. The number of fused-ring (bicyclic) bond motifs is 1. The molecule has 8 heteroatoms. The zero-order chi connectivity index (χ0) is 13.4. The average Bonchev–Trinajstić information content (AvgIpc) is 2.66. The summed E-state index contributed by atoms with van der Waals surface area (Å²) in [4.78, 5) is 34.1. The number of allylic oxidation sites excluding steroid dienone is 1. The number of hydrogen-bond acceptors (Lipinski definition) is 3. The highest BCUT2D eigenvalue weighted by atomic mass is 16.4. The Bertz CT molecular complexity index is 532. The molecule has 0 aromatic rings. The van der Waals surface area contributed by atoms with Crippen molar-refractivity contribution in [1.29, 1.82) is 0 Å². The van der Waals surface area contributed by atoms with Crippen LogP contribution in [0.25, 0.3) is 0 Å². The Morgan fingerprint density at radius 3 is 2.28 bits per heavy atom. The van der Waals surface area contributed by atoms with Crippen molar-refractivity contribution in [3.8, 4) is 0 Å². The summed E-state index contributed by atoms with van der Waals surface area (Å²) in [5.74, 6) is -1.32. The molecule has 0 aromatic carbocycles. The first-order valence-corrected chi connectivity index (χ1v) is 4.80. The Hall–Kier alpha value is -2.77. The normalized spacial score (nSPS) is 21.2. The van der Waals surface area contributed by atoms with Crippen molar-refractivity contribution < 1.29 is 29.7 Å². The fraction of sp³-hybridized carbons (Fsp3) is 0.100. The lowest BCUT2D eigenvalue weighted by Crippen LogP contribution is -2.40. The van der Waals surface area contributed by atoms with Crippen molar-refractivity contribution in [2.45, 2.75) is 6.04 Å². The van der Waals surface area contributed by atoms with Gasteiger partial charge < -0.3 is 15.3 Å². The molecule has 0 radical (unpaired) electrons. The molecule has 2 aliphatic rings. The molecule has 94 valence electrons. The third kappa shape index (κ3) is 1.69. The number of nitrogens with zero attached hydrogens (tertiary/aromatic N) is 2. The molecule has 2 rings (SSSR count). The topological polar surface area (TPSA) is 118 Å². The molecule has 0 bridgehead atoms. The van der Waals surface area contributed by atoms with Crippen molar-refractivity contribution in [2.24, 2.45) is 0 Å². The van der Waals surface area contributed by atoms with Crippen LogP contribution in [0.2, 0.25) is 0 Å². The average molecular weight is 252 g/mol. The van der Waals surface area contributed by atoms with E-state index in [2.05, 4.69) is 0 Å². The monoisotopic (exact) mass is 252 g/mol. The number of carbonyl (C=O) groups is 3. The number of carboxylic acid groups (broad SMARTS) is 3. The highest BCUT2D eigenvalue weighted by molar-refractivity contribution is 5.86. The largest absolute Gasteiger partial charge is 0.479 e. The summed E-state index contributed by atoms with van der Waals surface area (Å²) in [7, 11) is 0. The molecule has 2 amide bonds. The molecule has 18 heavy (non-hydrogen) atoms. The smallest absolute Gasteiger partial charge is 0.415 e. The van der Waals surface area contributed by atoms with Crippen LogP contribution < -0.4 is 0 Å². The van der Waals surface area contributed by atoms with Crippen LogP contribution >= 0.6 is 0 Å². The predicted octanol–water partition coefficient (Wildman–Crippen LogP) is 0.708. The van der Waals surface area contributed by atoms with Crippen molar-refractivity contribution in [3.05, 3.63) is 35.8 Å². The number of aliphatic carboxylic acids is 1. The highest BCUT2D eigenvalue weighted by Gasteiger charge is 2.39. The van der Waals surface area contributed by atoms with Crippen LogP contribution in [-0.2, 0) is 4.79 Å². The van der Waals surface area contributed by atoms with E-state index >= 15 is 0 Å². The summed E-state index contributed by atoms with van der Waals surface area (Å²) in [5.41, 5.74) is 0.391. The van der Waals surface area contributed by atoms with E-state index < -0.39 is 24.2 Å². The number of hydrogen-bond donors (Lipinski definition) is 3. The molecule has 1 atom stereocenters. The summed E-state index contributed by atoms with van der Waals surface area (Å²) >= 11 is 0. The van der Waals surface area contributed by atoms with Gasteiger partial charge in [0.2, 0.25) is 0 Å². The minimum Gasteiger partial charge on any atom is -0.479 e. The highest BCUT2D eigenvalue weighted by Crippen LogP contribution is 2.31. The van der Waals surface area contributed by atoms with Crippen molar-refractivity contribution >= 4 is 18.2 Å². The van der Waals surface area contributed by atoms with Gasteiger partial charge in [-0.3, -0.25) is 9.80 Å². The summed E-state index contributed by atoms with van der Waals surface area (Å²) in [6, 6.07) is -1.35. The summed E-state index contributed by atoms with van der Waals surface area (Å²) in [6.45, 7) is 0. The van der Waals surface area contributed by atoms with Crippen LogP contribution in [0.5, 0.6) is 0 Å². The van der Waals surface area contributed by atoms with Crippen LogP contribution in [0.1, 0.15) is 0 Å². The molecule has 0 saturated heterocycles. The lowest BCUT2D eigenvalue weighted by Gasteiger charge is -2.23. The molecular weight excluding hydrogens is 244 g/mol. The molecule has 2 aliphatic heterocycles. The van der Waals surface area contributed by atoms with Gasteiger partial charge in [-0.1, -0.05) is 0 Å². The van der Waals surface area contributed by atoms with E-state index in [0.717, 1.165) is 11.1 Å². The molecule has 1 unspecified atom stereocenters. The Morgan fingerprint density at radius 1 is 1.11 bits per heavy atom. The molecule has 2 heterocycles. The van der Waals surface area contributed by atoms with Gasteiger partial charge in [0, 0.05) is 18.0 Å². The maximum atomic E-state index is 11.0. The predicted molar refractivity (Wildman–Crippen MR) is 56.5 cm³/mol. The molecule has 8 nitrogen and oxygen atoms in total. The zero-order valence-corrected chi connectivity index (χ0v) is 8.85. The van der Waals surface area contributed by atoms with E-state index in [1.165, 1.54) is 18.4 Å². The van der Waals surface area contributed by atoms with E-state index in [9.17, 15) is 14.4 Å². The number of carboxylic acids is 1. The second-order valence-corrected chi connectivity index (χ2v) is 3.58. The van der Waals surface area contributed by atoms with Crippen LogP contribution in [0, 0.1) is 0 Å². The van der Waals surface area contributed by atoms with Crippen molar-refractivity contribution in [2.75, 3.05) is 0 Å². The zero-order valence-electron chi connectivity index (χ0n) is 8.85. The van der Waals surface area contributed by atoms with Gasteiger partial charge in [0.15, 0.2) is 6.04 Å². The molecule has 0 aliphatic carbocycles. The van der Waals surface area contributed by atoms with E-state index in [4.69, 9.17) is 15.3 Å². The van der Waals surface area contributed by atoms with Crippen LogP contribution in [0.15, 0.2) is 35.8 Å². The van der Waals surface area contributed by atoms with E-state index in [-0.39, 0.29) is 5.70 Å². The Balaban J connectivity index is 2.44. The Morgan fingerprint density at radius 2 is 1.78 bits per heavy atom. The van der Waals surface area contributed by atoms with Crippen LogP contribution in [0.3, 0.4) is 0 Å². The molecule has 3 N–H and O–H groups in total. The van der Waals surface area contributed by atoms with Crippen LogP contribution in [-0.4, -0.2) is 49.3 Å². The van der Waals surface area contributed by atoms with Gasteiger partial charge in [-0.05, 0) is 12.2 Å². The maximum absolute atomic E-state index is 11.0. The Kier molecular flexibility index (Phi) is 2.55. The van der Waals surface area contributed by atoms with Gasteiger partial charge in [0.1, 0.15) is 0 Å². The lowest BCUT2D eigenvalue weighted by atomic mass is 10.2. The third-order valence-corrected chi connectivity index (χ3v) is 2.53. The van der Waals surface area contributed by atoms with Gasteiger partial charge in [-0.25, -0.2) is 14.4 Å². The summed E-state index contributed by atoms with van der Waals surface area (Å²) < 4.78 is 0.